The van der Waals surface area contributed by atoms with Gasteiger partial charge in [-0.1, -0.05) is 87.9 Å². The van der Waals surface area contributed by atoms with Crippen LogP contribution in [0.15, 0.2) is 110 Å². The maximum atomic E-state index is 14.8. The largest absolute Gasteiger partial charge is 0.496 e. The van der Waals surface area contributed by atoms with Gasteiger partial charge in [0.15, 0.2) is 4.80 Å². The number of carbonyl (C=O) groups excluding carboxylic acids is 2. The lowest BCUT2D eigenvalue weighted by Gasteiger charge is -2.27. The Morgan fingerprint density at radius 2 is 1.76 bits per heavy atom. The van der Waals surface area contributed by atoms with Crippen molar-refractivity contribution in [2.45, 2.75) is 26.4 Å². The lowest BCUT2D eigenvalue weighted by atomic mass is 9.90. The molecule has 230 valence electrons. The van der Waals surface area contributed by atoms with Gasteiger partial charge in [-0.2, -0.15) is 0 Å². The number of benzene rings is 4. The van der Waals surface area contributed by atoms with E-state index >= 15 is 0 Å². The fraction of sp³-hybridized carbons (Fsp3) is 0.167. The van der Waals surface area contributed by atoms with Gasteiger partial charge in [-0.05, 0) is 54.4 Å². The number of carbonyl (C=O) groups is 2. The first-order valence-electron chi connectivity index (χ1n) is 14.8. The third kappa shape index (κ3) is 4.80. The monoisotopic (exact) mass is 693 g/mol. The van der Waals surface area contributed by atoms with Crippen molar-refractivity contribution in [1.29, 1.82) is 0 Å². The average molecular weight is 695 g/mol. The van der Waals surface area contributed by atoms with E-state index in [-0.39, 0.29) is 22.6 Å². The molecular formula is C36H28BrN3O5S. The van der Waals surface area contributed by atoms with Crippen LogP contribution in [-0.2, 0) is 20.9 Å². The Hall–Kier alpha value is -4.80. The summed E-state index contributed by atoms with van der Waals surface area (Å²) in [6, 6.07) is 26.0. The van der Waals surface area contributed by atoms with E-state index < -0.39 is 17.6 Å². The minimum absolute atomic E-state index is 0.154. The number of rotatable bonds is 6. The molecule has 0 saturated carbocycles. The van der Waals surface area contributed by atoms with Crippen molar-refractivity contribution < 1.29 is 19.1 Å². The molecule has 1 aromatic heterocycles. The zero-order valence-corrected chi connectivity index (χ0v) is 27.6. The van der Waals surface area contributed by atoms with Crippen LogP contribution in [0.1, 0.15) is 36.6 Å². The highest BCUT2D eigenvalue weighted by Crippen LogP contribution is 2.41. The van der Waals surface area contributed by atoms with E-state index in [2.05, 4.69) is 15.9 Å². The Morgan fingerprint density at radius 1 is 1.00 bits per heavy atom. The molecule has 0 N–H and O–H groups in total. The maximum absolute atomic E-state index is 14.8. The third-order valence-electron chi connectivity index (χ3n) is 8.30. The van der Waals surface area contributed by atoms with Gasteiger partial charge in [0.2, 0.25) is 0 Å². The normalized spacial score (nSPS) is 16.7. The number of hydrogen-bond donors (Lipinski definition) is 0. The molecule has 0 fully saturated rings. The molecule has 8 nitrogen and oxygen atoms in total. The number of hydrogen-bond acceptors (Lipinski definition) is 7. The molecule has 4 aromatic carbocycles. The summed E-state index contributed by atoms with van der Waals surface area (Å²) in [7, 11) is 1.56. The van der Waals surface area contributed by atoms with Crippen LogP contribution in [0.25, 0.3) is 16.3 Å². The molecule has 2 aliphatic heterocycles. The lowest BCUT2D eigenvalue weighted by Crippen LogP contribution is -2.41. The van der Waals surface area contributed by atoms with Crippen molar-refractivity contribution in [1.82, 2.24) is 4.57 Å². The van der Waals surface area contributed by atoms with Gasteiger partial charge in [0, 0.05) is 15.6 Å². The third-order valence-corrected chi connectivity index (χ3v) is 9.85. The smallest absolute Gasteiger partial charge is 0.338 e. The second-order valence-corrected chi connectivity index (χ2v) is 12.8. The summed E-state index contributed by atoms with van der Waals surface area (Å²) >= 11 is 4.70. The predicted molar refractivity (Wildman–Crippen MR) is 182 cm³/mol. The van der Waals surface area contributed by atoms with Crippen LogP contribution in [0.5, 0.6) is 5.75 Å². The lowest BCUT2D eigenvalue weighted by molar-refractivity contribution is -0.139. The van der Waals surface area contributed by atoms with Crippen LogP contribution in [0, 0.1) is 0 Å². The van der Waals surface area contributed by atoms with Gasteiger partial charge in [-0.15, -0.1) is 0 Å². The first-order valence-corrected chi connectivity index (χ1v) is 16.4. The Balaban J connectivity index is 1.53. The molecule has 7 rings (SSSR count). The number of halogens is 1. The van der Waals surface area contributed by atoms with E-state index in [1.807, 2.05) is 84.9 Å². The summed E-state index contributed by atoms with van der Waals surface area (Å²) in [6.07, 6.45) is 0. The van der Waals surface area contributed by atoms with Crippen LogP contribution >= 0.6 is 27.3 Å². The summed E-state index contributed by atoms with van der Waals surface area (Å²) in [4.78, 5) is 49.5. The number of amides is 1. The molecule has 0 bridgehead atoms. The van der Waals surface area contributed by atoms with E-state index in [1.54, 1.807) is 25.9 Å². The molecule has 0 unspecified atom stereocenters. The minimum Gasteiger partial charge on any atom is -0.496 e. The molecular weight excluding hydrogens is 666 g/mol. The van der Waals surface area contributed by atoms with Gasteiger partial charge >= 0.3 is 5.97 Å². The van der Waals surface area contributed by atoms with E-state index in [9.17, 15) is 14.4 Å². The highest BCUT2D eigenvalue weighted by molar-refractivity contribution is 9.10. The Bertz CT molecular complexity index is 2290. The van der Waals surface area contributed by atoms with Crippen LogP contribution in [-0.4, -0.2) is 30.2 Å². The molecule has 0 saturated heterocycles. The molecule has 0 radical (unpaired) electrons. The van der Waals surface area contributed by atoms with Crippen molar-refractivity contribution in [3.8, 4) is 5.75 Å². The molecule has 10 heteroatoms. The molecule has 2 aliphatic rings. The van der Waals surface area contributed by atoms with Gasteiger partial charge in [0.25, 0.3) is 11.5 Å². The van der Waals surface area contributed by atoms with Gasteiger partial charge in [0.1, 0.15) is 16.3 Å². The molecule has 1 amide bonds. The molecule has 0 spiro atoms. The SMILES string of the molecule is CCOC(=O)C1=C(C)N=c2s/c(=C3\C(=O)N(Cc4ccccc4)c4ccc(Br)cc43)c(=O)n2[C@H]1c1c(OC)ccc2ccccc12. The standard InChI is InChI=1S/C36H28BrN3O5S/c1-4-45-35(43)28-20(2)38-36-40(31(28)29-24-13-9-8-12-22(24)14-17-27(29)44-3)34(42)32(46-36)30-25-18-23(37)15-16-26(25)39(33(30)41)19-21-10-6-5-7-11-21/h5-18,31H,4,19H2,1-3H3/b32-30-/t31-/m1/s1. The fourth-order valence-electron chi connectivity index (χ4n) is 6.30. The van der Waals surface area contributed by atoms with Crippen molar-refractivity contribution in [3.63, 3.8) is 0 Å². The summed E-state index contributed by atoms with van der Waals surface area (Å²) < 4.78 is 13.9. The van der Waals surface area contributed by atoms with Crippen molar-refractivity contribution in [3.05, 3.63) is 137 Å². The maximum Gasteiger partial charge on any atom is 0.338 e. The molecule has 3 heterocycles. The molecule has 0 aliphatic carbocycles. The van der Waals surface area contributed by atoms with Gasteiger partial charge in [0.05, 0.1) is 42.8 Å². The fourth-order valence-corrected chi connectivity index (χ4v) is 7.79. The van der Waals surface area contributed by atoms with Gasteiger partial charge in [-0.3, -0.25) is 14.2 Å². The quantitative estimate of drug-likeness (QED) is 0.215. The highest BCUT2D eigenvalue weighted by atomic mass is 79.9. The van der Waals surface area contributed by atoms with Crippen LogP contribution in [0.2, 0.25) is 0 Å². The van der Waals surface area contributed by atoms with E-state index in [0.29, 0.717) is 45.2 Å². The Kier molecular flexibility index (Phi) is 7.70. The zero-order chi connectivity index (χ0) is 32.1. The number of allylic oxidation sites excluding steroid dienone is 1. The highest BCUT2D eigenvalue weighted by Gasteiger charge is 2.39. The predicted octanol–water partition coefficient (Wildman–Crippen LogP) is 5.64. The number of fused-ring (bicyclic) bond motifs is 3. The van der Waals surface area contributed by atoms with Crippen LogP contribution < -0.4 is 24.5 Å². The molecule has 46 heavy (non-hydrogen) atoms. The number of aromatic nitrogens is 1. The summed E-state index contributed by atoms with van der Waals surface area (Å²) in [5.41, 5.74) is 3.53. The number of thiazole rings is 1. The van der Waals surface area contributed by atoms with E-state index in [4.69, 9.17) is 14.5 Å². The second kappa shape index (κ2) is 11.9. The first-order chi connectivity index (χ1) is 22.3. The number of nitrogens with zero attached hydrogens (tertiary/aromatic N) is 3. The van der Waals surface area contributed by atoms with Gasteiger partial charge < -0.3 is 14.4 Å². The second-order valence-electron chi connectivity index (χ2n) is 10.9. The summed E-state index contributed by atoms with van der Waals surface area (Å²) in [6.45, 7) is 3.98. The molecule has 1 atom stereocenters. The number of esters is 1. The van der Waals surface area contributed by atoms with Gasteiger partial charge in [-0.25, -0.2) is 9.79 Å². The molecule has 5 aromatic rings. The summed E-state index contributed by atoms with van der Waals surface area (Å²) in [5, 5.41) is 1.74. The van der Waals surface area contributed by atoms with Crippen molar-refractivity contribution in [2.75, 3.05) is 18.6 Å². The Labute approximate surface area is 276 Å². The Morgan fingerprint density at radius 3 is 2.52 bits per heavy atom. The average Bonchev–Trinajstić information content (AvgIpc) is 3.51. The minimum atomic E-state index is -0.912. The van der Waals surface area contributed by atoms with Crippen LogP contribution in [0.4, 0.5) is 5.69 Å². The summed E-state index contributed by atoms with van der Waals surface area (Å²) in [5.74, 6) is -0.330. The number of methoxy groups -OCH3 is 1. The van der Waals surface area contributed by atoms with E-state index in [0.717, 1.165) is 32.1 Å². The van der Waals surface area contributed by atoms with Crippen LogP contribution in [0.3, 0.4) is 0 Å². The van der Waals surface area contributed by atoms with Crippen molar-refractivity contribution in [2.24, 2.45) is 4.99 Å². The number of ether oxygens (including phenoxy) is 2. The first kappa shape index (κ1) is 29.9. The topological polar surface area (TPSA) is 90.2 Å². The van der Waals surface area contributed by atoms with E-state index in [1.165, 1.54) is 4.57 Å². The number of anilines is 1. The van der Waals surface area contributed by atoms with Crippen molar-refractivity contribution >= 4 is 61.2 Å². The zero-order valence-electron chi connectivity index (χ0n) is 25.2.